The number of thiophene rings is 1. The summed E-state index contributed by atoms with van der Waals surface area (Å²) in [7, 11) is 0. The third-order valence-electron chi connectivity index (χ3n) is 2.41. The normalized spacial score (nSPS) is 10.8. The number of nitrogens with zero attached hydrogens (tertiary/aromatic N) is 1. The Bertz CT molecular complexity index is 631. The second-order valence-corrected chi connectivity index (χ2v) is 4.92. The Labute approximate surface area is 102 Å². The lowest BCUT2D eigenvalue weighted by Crippen LogP contribution is -1.70. The van der Waals surface area contributed by atoms with E-state index in [1.165, 1.54) is 10.4 Å². The maximum absolute atomic E-state index is 5.87. The number of hydrogen-bond acceptors (Lipinski definition) is 2. The molecule has 0 N–H and O–H groups in total. The van der Waals surface area contributed by atoms with Crippen LogP contribution in [0.4, 0.5) is 0 Å². The van der Waals surface area contributed by atoms with Gasteiger partial charge in [-0.1, -0.05) is 41.9 Å². The van der Waals surface area contributed by atoms with E-state index in [0.29, 0.717) is 5.15 Å². The molecule has 3 heteroatoms. The van der Waals surface area contributed by atoms with Crippen molar-refractivity contribution in [2.75, 3.05) is 0 Å². The van der Waals surface area contributed by atoms with Gasteiger partial charge >= 0.3 is 0 Å². The van der Waals surface area contributed by atoms with Crippen LogP contribution in [0, 0.1) is 0 Å². The first-order chi connectivity index (χ1) is 7.83. The fourth-order valence-electron chi connectivity index (χ4n) is 1.64. The summed E-state index contributed by atoms with van der Waals surface area (Å²) in [6.07, 6.45) is 0. The van der Waals surface area contributed by atoms with Crippen molar-refractivity contribution in [3.05, 3.63) is 53.7 Å². The first-order valence-electron chi connectivity index (χ1n) is 4.94. The minimum atomic E-state index is 0.550. The fourth-order valence-corrected chi connectivity index (χ4v) is 2.87. The molecule has 0 amide bonds. The highest BCUT2D eigenvalue weighted by Gasteiger charge is 2.04. The van der Waals surface area contributed by atoms with Gasteiger partial charge in [0.15, 0.2) is 0 Å². The summed E-state index contributed by atoms with van der Waals surface area (Å²) in [5.41, 5.74) is 1.22. The molecule has 2 aromatic heterocycles. The monoisotopic (exact) mass is 245 g/mol. The van der Waals surface area contributed by atoms with Crippen molar-refractivity contribution in [2.45, 2.75) is 0 Å². The lowest BCUT2D eigenvalue weighted by atomic mass is 10.2. The Balaban J connectivity index is 2.19. The molecule has 0 fully saturated rings. The van der Waals surface area contributed by atoms with Crippen LogP contribution in [0.25, 0.3) is 20.7 Å². The van der Waals surface area contributed by atoms with Crippen LogP contribution in [0.5, 0.6) is 0 Å². The van der Waals surface area contributed by atoms with Gasteiger partial charge in [0.25, 0.3) is 0 Å². The van der Waals surface area contributed by atoms with Crippen LogP contribution in [-0.2, 0) is 0 Å². The Morgan fingerprint density at radius 3 is 2.62 bits per heavy atom. The Hall–Kier alpha value is -1.38. The van der Waals surface area contributed by atoms with Crippen LogP contribution in [-0.4, -0.2) is 4.98 Å². The maximum atomic E-state index is 5.87. The minimum absolute atomic E-state index is 0.550. The molecule has 1 aromatic carbocycles. The van der Waals surface area contributed by atoms with E-state index in [1.54, 1.807) is 11.3 Å². The van der Waals surface area contributed by atoms with Gasteiger partial charge in [-0.25, -0.2) is 4.98 Å². The van der Waals surface area contributed by atoms with Gasteiger partial charge < -0.3 is 0 Å². The number of halogens is 1. The van der Waals surface area contributed by atoms with Crippen molar-refractivity contribution in [1.29, 1.82) is 0 Å². The highest BCUT2D eigenvalue weighted by molar-refractivity contribution is 7.21. The van der Waals surface area contributed by atoms with Gasteiger partial charge in [0.05, 0.1) is 0 Å². The lowest BCUT2D eigenvalue weighted by molar-refractivity contribution is 1.44. The topological polar surface area (TPSA) is 12.9 Å². The third kappa shape index (κ3) is 1.70. The molecular formula is C13H8ClNS. The molecule has 3 rings (SSSR count). The third-order valence-corrected chi connectivity index (χ3v) is 3.71. The number of pyridine rings is 1. The summed E-state index contributed by atoms with van der Waals surface area (Å²) in [5, 5.41) is 1.70. The maximum Gasteiger partial charge on any atom is 0.130 e. The van der Waals surface area contributed by atoms with Gasteiger partial charge in [-0.15, -0.1) is 11.3 Å². The molecule has 1 nitrogen and oxygen atoms in total. The van der Waals surface area contributed by atoms with Crippen molar-refractivity contribution in [1.82, 2.24) is 4.98 Å². The zero-order chi connectivity index (χ0) is 11.0. The van der Waals surface area contributed by atoms with Crippen molar-refractivity contribution in [2.24, 2.45) is 0 Å². The summed E-state index contributed by atoms with van der Waals surface area (Å²) < 4.78 is 0. The van der Waals surface area contributed by atoms with E-state index in [-0.39, 0.29) is 0 Å². The van der Waals surface area contributed by atoms with Crippen molar-refractivity contribution < 1.29 is 0 Å². The van der Waals surface area contributed by atoms with E-state index in [0.717, 1.165) is 10.2 Å². The molecule has 78 valence electrons. The molecule has 0 aliphatic heterocycles. The molecule has 0 saturated heterocycles. The average molecular weight is 246 g/mol. The molecule has 0 radical (unpaired) electrons. The van der Waals surface area contributed by atoms with Crippen molar-refractivity contribution in [3.8, 4) is 10.4 Å². The van der Waals surface area contributed by atoms with E-state index in [2.05, 4.69) is 23.2 Å². The summed E-state index contributed by atoms with van der Waals surface area (Å²) in [6, 6.07) is 16.3. The molecule has 16 heavy (non-hydrogen) atoms. The molecule has 0 atom stereocenters. The van der Waals surface area contributed by atoms with E-state index in [1.807, 2.05) is 30.3 Å². The summed E-state index contributed by atoms with van der Waals surface area (Å²) >= 11 is 7.54. The van der Waals surface area contributed by atoms with E-state index < -0.39 is 0 Å². The molecule has 0 aliphatic rings. The SMILES string of the molecule is Clc1ccc2cc(-c3ccccc3)sc2n1. The predicted molar refractivity (Wildman–Crippen MR) is 70.1 cm³/mol. The van der Waals surface area contributed by atoms with Crippen LogP contribution in [0.2, 0.25) is 5.15 Å². The Kier molecular flexibility index (Phi) is 2.39. The quantitative estimate of drug-likeness (QED) is 0.570. The largest absolute Gasteiger partial charge is 0.225 e. The van der Waals surface area contributed by atoms with Crippen LogP contribution in [0.3, 0.4) is 0 Å². The molecule has 0 bridgehead atoms. The van der Waals surface area contributed by atoms with Gasteiger partial charge in [-0.05, 0) is 23.8 Å². The summed E-state index contributed by atoms with van der Waals surface area (Å²) in [6.45, 7) is 0. The minimum Gasteiger partial charge on any atom is -0.225 e. The van der Waals surface area contributed by atoms with E-state index in [9.17, 15) is 0 Å². The first kappa shape index (κ1) is 9.82. The lowest BCUT2D eigenvalue weighted by Gasteiger charge is -1.93. The zero-order valence-corrected chi connectivity index (χ0v) is 9.92. The zero-order valence-electron chi connectivity index (χ0n) is 8.35. The number of aromatic nitrogens is 1. The molecule has 0 spiro atoms. The second kappa shape index (κ2) is 3.89. The smallest absolute Gasteiger partial charge is 0.130 e. The van der Waals surface area contributed by atoms with Crippen LogP contribution in [0.1, 0.15) is 0 Å². The predicted octanol–water partition coefficient (Wildman–Crippen LogP) is 4.62. The number of rotatable bonds is 1. The average Bonchev–Trinajstić information content (AvgIpc) is 2.73. The van der Waals surface area contributed by atoms with Crippen LogP contribution < -0.4 is 0 Å². The fraction of sp³-hybridized carbons (Fsp3) is 0. The van der Waals surface area contributed by atoms with Gasteiger partial charge in [0.2, 0.25) is 0 Å². The van der Waals surface area contributed by atoms with Crippen molar-refractivity contribution >= 4 is 33.2 Å². The standard InChI is InChI=1S/C13H8ClNS/c14-12-7-6-10-8-11(16-13(10)15-12)9-4-2-1-3-5-9/h1-8H. The molecule has 2 heterocycles. The number of hydrogen-bond donors (Lipinski definition) is 0. The molecule has 0 unspecified atom stereocenters. The summed E-state index contributed by atoms with van der Waals surface area (Å²) in [5.74, 6) is 0. The first-order valence-corrected chi connectivity index (χ1v) is 6.14. The molecule has 0 saturated carbocycles. The van der Waals surface area contributed by atoms with Crippen LogP contribution >= 0.6 is 22.9 Å². The van der Waals surface area contributed by atoms with Crippen molar-refractivity contribution in [3.63, 3.8) is 0 Å². The highest BCUT2D eigenvalue weighted by Crippen LogP contribution is 2.32. The number of benzene rings is 1. The van der Waals surface area contributed by atoms with Crippen LogP contribution in [0.15, 0.2) is 48.5 Å². The number of fused-ring (bicyclic) bond motifs is 1. The summed E-state index contributed by atoms with van der Waals surface area (Å²) in [4.78, 5) is 6.52. The van der Waals surface area contributed by atoms with E-state index >= 15 is 0 Å². The molecule has 3 aromatic rings. The van der Waals surface area contributed by atoms with Gasteiger partial charge in [-0.3, -0.25) is 0 Å². The van der Waals surface area contributed by atoms with E-state index in [4.69, 9.17) is 11.6 Å². The van der Waals surface area contributed by atoms with Gasteiger partial charge in [-0.2, -0.15) is 0 Å². The highest BCUT2D eigenvalue weighted by atomic mass is 35.5. The Morgan fingerprint density at radius 2 is 1.81 bits per heavy atom. The van der Waals surface area contributed by atoms with Gasteiger partial charge in [0.1, 0.15) is 9.98 Å². The second-order valence-electron chi connectivity index (χ2n) is 3.51. The Morgan fingerprint density at radius 1 is 1.00 bits per heavy atom. The molecular weight excluding hydrogens is 238 g/mol. The molecule has 0 aliphatic carbocycles. The van der Waals surface area contributed by atoms with Gasteiger partial charge in [0, 0.05) is 10.3 Å².